The summed E-state index contributed by atoms with van der Waals surface area (Å²) in [5.41, 5.74) is 1.83. The number of hydrogen-bond donors (Lipinski definition) is 1. The fourth-order valence-corrected chi connectivity index (χ4v) is 2.89. The van der Waals surface area contributed by atoms with Gasteiger partial charge in [-0.05, 0) is 56.6 Å². The second-order valence-electron chi connectivity index (χ2n) is 4.86. The van der Waals surface area contributed by atoms with E-state index < -0.39 is 0 Å². The molecule has 0 aromatic heterocycles. The molecule has 1 aromatic carbocycles. The first-order chi connectivity index (χ1) is 8.59. The molecule has 1 aliphatic heterocycles. The number of piperidine rings is 1. The Hall–Kier alpha value is -0.870. The highest BCUT2D eigenvalue weighted by molar-refractivity contribution is 9.10. The number of carbonyl (C=O) groups is 1. The standard InChI is InChI=1S/C14H19BrN2O/c1-10-9-11(15)3-4-13(10)14(18)17(2)12-5-7-16-8-6-12/h3-4,9,12,16H,5-8H2,1-2H3. The van der Waals surface area contributed by atoms with Crippen molar-refractivity contribution < 1.29 is 4.79 Å². The lowest BCUT2D eigenvalue weighted by molar-refractivity contribution is 0.0702. The van der Waals surface area contributed by atoms with Crippen molar-refractivity contribution in [2.24, 2.45) is 0 Å². The van der Waals surface area contributed by atoms with Crippen LogP contribution < -0.4 is 5.32 Å². The summed E-state index contributed by atoms with van der Waals surface area (Å²) in [6, 6.07) is 6.18. The molecule has 0 radical (unpaired) electrons. The van der Waals surface area contributed by atoms with Gasteiger partial charge in [-0.25, -0.2) is 0 Å². The van der Waals surface area contributed by atoms with E-state index in [2.05, 4.69) is 21.2 Å². The van der Waals surface area contributed by atoms with Gasteiger partial charge in [0, 0.05) is 23.1 Å². The van der Waals surface area contributed by atoms with E-state index in [1.54, 1.807) is 0 Å². The van der Waals surface area contributed by atoms with Gasteiger partial charge in [-0.15, -0.1) is 0 Å². The molecule has 3 nitrogen and oxygen atoms in total. The van der Waals surface area contributed by atoms with Crippen molar-refractivity contribution in [3.05, 3.63) is 33.8 Å². The molecule has 1 aliphatic rings. The molecule has 1 heterocycles. The minimum atomic E-state index is 0.131. The number of hydrogen-bond acceptors (Lipinski definition) is 2. The van der Waals surface area contributed by atoms with E-state index >= 15 is 0 Å². The third-order valence-corrected chi connectivity index (χ3v) is 4.09. The number of rotatable bonds is 2. The summed E-state index contributed by atoms with van der Waals surface area (Å²) in [7, 11) is 1.92. The maximum Gasteiger partial charge on any atom is 0.254 e. The van der Waals surface area contributed by atoms with Crippen molar-refractivity contribution in [1.29, 1.82) is 0 Å². The molecule has 1 aromatic rings. The molecule has 18 heavy (non-hydrogen) atoms. The Morgan fingerprint density at radius 1 is 1.39 bits per heavy atom. The van der Waals surface area contributed by atoms with Crippen LogP contribution in [-0.2, 0) is 0 Å². The molecular weight excluding hydrogens is 292 g/mol. The summed E-state index contributed by atoms with van der Waals surface area (Å²) in [6.45, 7) is 3.98. The molecule has 0 aliphatic carbocycles. The first-order valence-corrected chi connectivity index (χ1v) is 7.13. The fraction of sp³-hybridized carbons (Fsp3) is 0.500. The molecule has 0 atom stereocenters. The summed E-state index contributed by atoms with van der Waals surface area (Å²) in [5, 5.41) is 3.32. The second-order valence-corrected chi connectivity index (χ2v) is 5.77. The van der Waals surface area contributed by atoms with Gasteiger partial charge in [-0.2, -0.15) is 0 Å². The lowest BCUT2D eigenvalue weighted by Gasteiger charge is -2.32. The van der Waals surface area contributed by atoms with E-state index in [0.717, 1.165) is 41.5 Å². The number of amides is 1. The van der Waals surface area contributed by atoms with Gasteiger partial charge in [-0.1, -0.05) is 15.9 Å². The van der Waals surface area contributed by atoms with Gasteiger partial charge >= 0.3 is 0 Å². The van der Waals surface area contributed by atoms with E-state index in [9.17, 15) is 4.79 Å². The van der Waals surface area contributed by atoms with E-state index in [0.29, 0.717) is 6.04 Å². The summed E-state index contributed by atoms with van der Waals surface area (Å²) in [6.07, 6.45) is 2.08. The predicted molar refractivity (Wildman–Crippen MR) is 76.9 cm³/mol. The average molecular weight is 311 g/mol. The minimum Gasteiger partial charge on any atom is -0.339 e. The Balaban J connectivity index is 2.14. The normalized spacial score (nSPS) is 16.6. The predicted octanol–water partition coefficient (Wildman–Crippen LogP) is 2.58. The monoisotopic (exact) mass is 310 g/mol. The summed E-state index contributed by atoms with van der Waals surface area (Å²) >= 11 is 3.43. The number of benzene rings is 1. The zero-order chi connectivity index (χ0) is 13.1. The number of carbonyl (C=O) groups excluding carboxylic acids is 1. The van der Waals surface area contributed by atoms with Gasteiger partial charge in [0.25, 0.3) is 5.91 Å². The zero-order valence-corrected chi connectivity index (χ0v) is 12.5. The Morgan fingerprint density at radius 2 is 2.06 bits per heavy atom. The zero-order valence-electron chi connectivity index (χ0n) is 10.9. The maximum atomic E-state index is 12.5. The summed E-state index contributed by atoms with van der Waals surface area (Å²) < 4.78 is 1.01. The molecule has 0 saturated carbocycles. The van der Waals surface area contributed by atoms with Crippen molar-refractivity contribution in [2.45, 2.75) is 25.8 Å². The van der Waals surface area contributed by atoms with Gasteiger partial charge in [0.05, 0.1) is 0 Å². The molecule has 4 heteroatoms. The highest BCUT2D eigenvalue weighted by atomic mass is 79.9. The van der Waals surface area contributed by atoms with Crippen molar-refractivity contribution in [3.63, 3.8) is 0 Å². The van der Waals surface area contributed by atoms with E-state index in [-0.39, 0.29) is 5.91 Å². The number of nitrogens with zero attached hydrogens (tertiary/aromatic N) is 1. The lowest BCUT2D eigenvalue weighted by atomic mass is 10.0. The van der Waals surface area contributed by atoms with Crippen LogP contribution in [0.2, 0.25) is 0 Å². The quantitative estimate of drug-likeness (QED) is 0.910. The topological polar surface area (TPSA) is 32.3 Å². The Morgan fingerprint density at radius 3 is 2.67 bits per heavy atom. The van der Waals surface area contributed by atoms with Crippen LogP contribution in [0.5, 0.6) is 0 Å². The van der Waals surface area contributed by atoms with Gasteiger partial charge in [0.15, 0.2) is 0 Å². The van der Waals surface area contributed by atoms with Crippen molar-refractivity contribution in [1.82, 2.24) is 10.2 Å². The third-order valence-electron chi connectivity index (χ3n) is 3.60. The summed E-state index contributed by atoms with van der Waals surface area (Å²) in [4.78, 5) is 14.4. The molecule has 1 saturated heterocycles. The Bertz CT molecular complexity index is 441. The largest absolute Gasteiger partial charge is 0.339 e. The van der Waals surface area contributed by atoms with E-state index in [1.165, 1.54) is 0 Å². The highest BCUT2D eigenvalue weighted by Crippen LogP contribution is 2.19. The van der Waals surface area contributed by atoms with Crippen LogP contribution >= 0.6 is 15.9 Å². The molecular formula is C14H19BrN2O. The van der Waals surface area contributed by atoms with Crippen LogP contribution in [0.4, 0.5) is 0 Å². The van der Waals surface area contributed by atoms with E-state index in [1.807, 2.05) is 37.1 Å². The molecule has 1 N–H and O–H groups in total. The highest BCUT2D eigenvalue weighted by Gasteiger charge is 2.23. The molecule has 98 valence electrons. The Labute approximate surface area is 117 Å². The number of aryl methyl sites for hydroxylation is 1. The molecule has 0 bridgehead atoms. The van der Waals surface area contributed by atoms with Crippen molar-refractivity contribution in [3.8, 4) is 0 Å². The van der Waals surface area contributed by atoms with Crippen LogP contribution in [-0.4, -0.2) is 37.0 Å². The van der Waals surface area contributed by atoms with Crippen LogP contribution in [0.3, 0.4) is 0 Å². The van der Waals surface area contributed by atoms with Crippen LogP contribution in [0.25, 0.3) is 0 Å². The first kappa shape index (κ1) is 13.6. The van der Waals surface area contributed by atoms with Crippen molar-refractivity contribution in [2.75, 3.05) is 20.1 Å². The van der Waals surface area contributed by atoms with Crippen molar-refractivity contribution >= 4 is 21.8 Å². The number of halogens is 1. The van der Waals surface area contributed by atoms with Gasteiger partial charge < -0.3 is 10.2 Å². The maximum absolute atomic E-state index is 12.5. The van der Waals surface area contributed by atoms with Gasteiger partial charge in [-0.3, -0.25) is 4.79 Å². The van der Waals surface area contributed by atoms with E-state index in [4.69, 9.17) is 0 Å². The smallest absolute Gasteiger partial charge is 0.254 e. The average Bonchev–Trinajstić information content (AvgIpc) is 2.38. The fourth-order valence-electron chi connectivity index (χ4n) is 2.42. The van der Waals surface area contributed by atoms with Gasteiger partial charge in [0.1, 0.15) is 0 Å². The second kappa shape index (κ2) is 5.85. The SMILES string of the molecule is Cc1cc(Br)ccc1C(=O)N(C)C1CCNCC1. The molecule has 1 amide bonds. The lowest BCUT2D eigenvalue weighted by Crippen LogP contribution is -2.44. The molecule has 0 unspecified atom stereocenters. The van der Waals surface area contributed by atoms with Gasteiger partial charge in [0.2, 0.25) is 0 Å². The molecule has 1 fully saturated rings. The van der Waals surface area contributed by atoms with Crippen LogP contribution in [0.1, 0.15) is 28.8 Å². The van der Waals surface area contributed by atoms with Crippen LogP contribution in [0, 0.1) is 6.92 Å². The summed E-state index contributed by atoms with van der Waals surface area (Å²) in [5.74, 6) is 0.131. The Kier molecular flexibility index (Phi) is 4.40. The third kappa shape index (κ3) is 2.93. The first-order valence-electron chi connectivity index (χ1n) is 6.33. The minimum absolute atomic E-state index is 0.131. The van der Waals surface area contributed by atoms with Crippen LogP contribution in [0.15, 0.2) is 22.7 Å². The molecule has 0 spiro atoms. The molecule has 2 rings (SSSR count). The number of nitrogens with one attached hydrogen (secondary N) is 1.